The molecular weight excluding hydrogens is 276 g/mol. The summed E-state index contributed by atoms with van der Waals surface area (Å²) in [5, 5.41) is 29.9. The minimum absolute atomic E-state index is 0.111. The first kappa shape index (κ1) is 15.1. The Morgan fingerprint density at radius 2 is 2.14 bits per heavy atom. The van der Waals surface area contributed by atoms with Crippen molar-refractivity contribution >= 4 is 17.7 Å². The maximum absolute atomic E-state index is 12.1. The summed E-state index contributed by atoms with van der Waals surface area (Å²) in [7, 11) is 0. The number of rotatable bonds is 4. The van der Waals surface area contributed by atoms with E-state index in [1.807, 2.05) is 0 Å². The quantitative estimate of drug-likeness (QED) is 0.626. The second kappa shape index (κ2) is 6.45. The Hall–Kier alpha value is -2.28. The van der Waals surface area contributed by atoms with Gasteiger partial charge in [0.1, 0.15) is 11.3 Å². The van der Waals surface area contributed by atoms with Crippen LogP contribution in [0.2, 0.25) is 0 Å². The van der Waals surface area contributed by atoms with Crippen LogP contribution in [0.5, 0.6) is 5.75 Å². The Morgan fingerprint density at radius 3 is 2.81 bits per heavy atom. The van der Waals surface area contributed by atoms with Crippen molar-refractivity contribution in [2.24, 2.45) is 5.92 Å². The van der Waals surface area contributed by atoms with Crippen molar-refractivity contribution in [1.82, 2.24) is 4.90 Å². The number of aliphatic hydroxyl groups is 1. The van der Waals surface area contributed by atoms with Crippen LogP contribution in [0.1, 0.15) is 23.2 Å². The van der Waals surface area contributed by atoms with Gasteiger partial charge < -0.3 is 25.5 Å². The van der Waals surface area contributed by atoms with Gasteiger partial charge >= 0.3 is 12.0 Å². The summed E-state index contributed by atoms with van der Waals surface area (Å²) < 4.78 is 0. The van der Waals surface area contributed by atoms with Crippen LogP contribution in [-0.4, -0.2) is 51.9 Å². The van der Waals surface area contributed by atoms with Crippen LogP contribution in [0.15, 0.2) is 18.2 Å². The van der Waals surface area contributed by atoms with Crippen LogP contribution in [0, 0.1) is 5.92 Å². The molecule has 1 atom stereocenters. The second-order valence-corrected chi connectivity index (χ2v) is 5.08. The molecular formula is C14H18N2O5. The van der Waals surface area contributed by atoms with Gasteiger partial charge in [-0.25, -0.2) is 9.59 Å². The molecule has 1 unspecified atom stereocenters. The maximum Gasteiger partial charge on any atom is 0.339 e. The van der Waals surface area contributed by atoms with Crippen LogP contribution >= 0.6 is 0 Å². The van der Waals surface area contributed by atoms with Crippen LogP contribution in [0.25, 0.3) is 0 Å². The van der Waals surface area contributed by atoms with Crippen molar-refractivity contribution < 1.29 is 24.9 Å². The largest absolute Gasteiger partial charge is 0.507 e. The van der Waals surface area contributed by atoms with Crippen molar-refractivity contribution in [2.75, 3.05) is 25.0 Å². The van der Waals surface area contributed by atoms with Crippen molar-refractivity contribution in [3.05, 3.63) is 23.8 Å². The lowest BCUT2D eigenvalue weighted by molar-refractivity contribution is 0.0693. The number of carboxylic acid groups (broad SMARTS) is 1. The summed E-state index contributed by atoms with van der Waals surface area (Å²) in [5.41, 5.74) is 0.0631. The third-order valence-corrected chi connectivity index (χ3v) is 3.59. The van der Waals surface area contributed by atoms with Crippen LogP contribution < -0.4 is 5.32 Å². The van der Waals surface area contributed by atoms with Crippen LogP contribution in [0.3, 0.4) is 0 Å². The molecule has 21 heavy (non-hydrogen) atoms. The maximum atomic E-state index is 12.1. The Bertz CT molecular complexity index is 546. The first-order valence-corrected chi connectivity index (χ1v) is 6.74. The lowest BCUT2D eigenvalue weighted by atomic mass is 10.1. The zero-order valence-electron chi connectivity index (χ0n) is 11.5. The first-order valence-electron chi connectivity index (χ1n) is 6.74. The van der Waals surface area contributed by atoms with Gasteiger partial charge in [0.25, 0.3) is 0 Å². The number of carboxylic acids is 1. The fourth-order valence-electron chi connectivity index (χ4n) is 2.42. The van der Waals surface area contributed by atoms with Gasteiger partial charge in [-0.05, 0) is 37.0 Å². The summed E-state index contributed by atoms with van der Waals surface area (Å²) in [6.07, 6.45) is 1.52. The lowest BCUT2D eigenvalue weighted by Gasteiger charge is -2.17. The van der Waals surface area contributed by atoms with E-state index in [1.165, 1.54) is 18.2 Å². The Morgan fingerprint density at radius 1 is 1.38 bits per heavy atom. The highest BCUT2D eigenvalue weighted by Gasteiger charge is 2.26. The van der Waals surface area contributed by atoms with E-state index >= 15 is 0 Å². The van der Waals surface area contributed by atoms with E-state index in [4.69, 9.17) is 10.2 Å². The van der Waals surface area contributed by atoms with Crippen molar-refractivity contribution in [1.29, 1.82) is 0 Å². The number of nitrogens with zero attached hydrogens (tertiary/aromatic N) is 1. The van der Waals surface area contributed by atoms with Gasteiger partial charge in [-0.2, -0.15) is 0 Å². The van der Waals surface area contributed by atoms with E-state index < -0.39 is 5.97 Å². The SMILES string of the molecule is O=C(O)c1cc(NC(=O)N2CCC(CCO)C2)ccc1O. The fourth-order valence-corrected chi connectivity index (χ4v) is 2.42. The highest BCUT2D eigenvalue weighted by atomic mass is 16.4. The molecule has 1 aromatic rings. The van der Waals surface area contributed by atoms with Crippen LogP contribution in [0.4, 0.5) is 10.5 Å². The number of likely N-dealkylation sites (tertiary alicyclic amines) is 1. The van der Waals surface area contributed by atoms with Gasteiger partial charge in [-0.3, -0.25) is 0 Å². The van der Waals surface area contributed by atoms with Crippen molar-refractivity contribution in [3.8, 4) is 5.75 Å². The zero-order chi connectivity index (χ0) is 15.4. The number of urea groups is 1. The number of hydrogen-bond acceptors (Lipinski definition) is 4. The number of aliphatic hydroxyl groups excluding tert-OH is 1. The molecule has 4 N–H and O–H groups in total. The molecule has 0 aromatic heterocycles. The highest BCUT2D eigenvalue weighted by Crippen LogP contribution is 2.23. The van der Waals surface area contributed by atoms with E-state index in [0.29, 0.717) is 31.1 Å². The van der Waals surface area contributed by atoms with Gasteiger partial charge in [0.05, 0.1) is 0 Å². The highest BCUT2D eigenvalue weighted by molar-refractivity contribution is 5.95. The number of aromatic hydroxyl groups is 1. The van der Waals surface area contributed by atoms with Gasteiger partial charge in [0.15, 0.2) is 0 Å². The molecule has 0 bridgehead atoms. The number of carbonyl (C=O) groups excluding carboxylic acids is 1. The summed E-state index contributed by atoms with van der Waals surface area (Å²) in [5.74, 6) is -1.30. The number of anilines is 1. The number of phenols is 1. The Balaban J connectivity index is 2.00. The third-order valence-electron chi connectivity index (χ3n) is 3.59. The molecule has 1 aromatic carbocycles. The molecule has 1 saturated heterocycles. The minimum Gasteiger partial charge on any atom is -0.507 e. The molecule has 0 spiro atoms. The van der Waals surface area contributed by atoms with Crippen molar-refractivity contribution in [3.63, 3.8) is 0 Å². The standard InChI is InChI=1S/C14H18N2O5/c17-6-4-9-3-5-16(8-9)14(21)15-10-1-2-12(18)11(7-10)13(19)20/h1-2,7,9,17-18H,3-6,8H2,(H,15,21)(H,19,20). The Labute approximate surface area is 121 Å². The molecule has 7 heteroatoms. The number of aromatic carboxylic acids is 1. The average Bonchev–Trinajstić information content (AvgIpc) is 2.90. The number of carbonyl (C=O) groups is 2. The van der Waals surface area contributed by atoms with E-state index in [0.717, 1.165) is 6.42 Å². The first-order chi connectivity index (χ1) is 10.0. The molecule has 1 fully saturated rings. The molecule has 2 amide bonds. The predicted octanol–water partition coefficient (Wildman–Crippen LogP) is 1.33. The monoisotopic (exact) mass is 294 g/mol. The average molecular weight is 294 g/mol. The van der Waals surface area contributed by atoms with E-state index in [9.17, 15) is 14.7 Å². The molecule has 0 radical (unpaired) electrons. The fraction of sp³-hybridized carbons (Fsp3) is 0.429. The van der Waals surface area contributed by atoms with E-state index in [1.54, 1.807) is 4.90 Å². The molecule has 1 aliphatic heterocycles. The number of nitrogens with one attached hydrogen (secondary N) is 1. The summed E-state index contributed by atoms with van der Waals surface area (Å²) in [6, 6.07) is 3.59. The minimum atomic E-state index is -1.26. The molecule has 114 valence electrons. The summed E-state index contributed by atoms with van der Waals surface area (Å²) >= 11 is 0. The van der Waals surface area contributed by atoms with E-state index in [2.05, 4.69) is 5.32 Å². The smallest absolute Gasteiger partial charge is 0.339 e. The molecule has 2 rings (SSSR count). The van der Waals surface area contributed by atoms with Gasteiger partial charge in [-0.15, -0.1) is 0 Å². The summed E-state index contributed by atoms with van der Waals surface area (Å²) in [4.78, 5) is 24.6. The van der Waals surface area contributed by atoms with Gasteiger partial charge in [0.2, 0.25) is 0 Å². The number of hydrogen-bond donors (Lipinski definition) is 4. The van der Waals surface area contributed by atoms with Gasteiger partial charge in [0, 0.05) is 25.4 Å². The normalized spacial score (nSPS) is 17.8. The summed E-state index contributed by atoms with van der Waals surface area (Å²) in [6.45, 7) is 1.30. The second-order valence-electron chi connectivity index (χ2n) is 5.08. The molecule has 1 heterocycles. The number of benzene rings is 1. The van der Waals surface area contributed by atoms with E-state index in [-0.39, 0.29) is 24.0 Å². The number of amides is 2. The topological polar surface area (TPSA) is 110 Å². The van der Waals surface area contributed by atoms with Gasteiger partial charge in [-0.1, -0.05) is 0 Å². The third kappa shape index (κ3) is 3.63. The molecule has 1 aliphatic rings. The van der Waals surface area contributed by atoms with Crippen LogP contribution in [-0.2, 0) is 0 Å². The zero-order valence-corrected chi connectivity index (χ0v) is 11.5. The molecule has 0 saturated carbocycles. The Kier molecular flexibility index (Phi) is 4.64. The predicted molar refractivity (Wildman–Crippen MR) is 75.5 cm³/mol. The lowest BCUT2D eigenvalue weighted by Crippen LogP contribution is -2.33. The van der Waals surface area contributed by atoms with Crippen molar-refractivity contribution in [2.45, 2.75) is 12.8 Å². The molecule has 7 nitrogen and oxygen atoms in total. The molecule has 0 aliphatic carbocycles.